The minimum absolute atomic E-state index is 0.0141. The molecule has 164 valence electrons. The number of hydrogen-bond donors (Lipinski definition) is 0. The molecule has 0 N–H and O–H groups in total. The zero-order chi connectivity index (χ0) is 21.8. The van der Waals surface area contributed by atoms with E-state index in [2.05, 4.69) is 0 Å². The van der Waals surface area contributed by atoms with Gasteiger partial charge in [-0.1, -0.05) is 6.07 Å². The molecule has 7 heteroatoms. The van der Waals surface area contributed by atoms with Crippen molar-refractivity contribution in [2.24, 2.45) is 0 Å². The van der Waals surface area contributed by atoms with Gasteiger partial charge >= 0.3 is 0 Å². The van der Waals surface area contributed by atoms with E-state index in [0.29, 0.717) is 37.0 Å². The van der Waals surface area contributed by atoms with Gasteiger partial charge in [0.2, 0.25) is 5.91 Å². The minimum Gasteiger partial charge on any atom is -0.496 e. The highest BCUT2D eigenvalue weighted by Crippen LogP contribution is 2.39. The molecule has 2 heterocycles. The quantitative estimate of drug-likeness (QED) is 0.655. The summed E-state index contributed by atoms with van der Waals surface area (Å²) in [5.74, 6) is 3.20. The van der Waals surface area contributed by atoms with Gasteiger partial charge in [0.15, 0.2) is 23.0 Å². The summed E-state index contributed by atoms with van der Waals surface area (Å²) >= 11 is 0. The third-order valence-corrected chi connectivity index (χ3v) is 5.63. The van der Waals surface area contributed by atoms with Gasteiger partial charge in [0.1, 0.15) is 19.0 Å². The zero-order valence-corrected chi connectivity index (χ0v) is 18.1. The molecule has 0 aliphatic carbocycles. The van der Waals surface area contributed by atoms with Gasteiger partial charge in [-0.25, -0.2) is 0 Å². The van der Waals surface area contributed by atoms with E-state index in [1.807, 2.05) is 23.1 Å². The first-order valence-electron chi connectivity index (χ1n) is 10.3. The fourth-order valence-electron chi connectivity index (χ4n) is 4.08. The lowest BCUT2D eigenvalue weighted by Crippen LogP contribution is -2.29. The summed E-state index contributed by atoms with van der Waals surface area (Å²) in [6.07, 6.45) is 5.21. The number of amides is 1. The Morgan fingerprint density at radius 1 is 0.968 bits per heavy atom. The van der Waals surface area contributed by atoms with Crippen LogP contribution in [0.25, 0.3) is 6.08 Å². The standard InChI is InChI=1S/C24H27NO6/c1-27-20-15-22(29-3)21(28-2)14-17(20)7-9-24(26)25-10-4-5-18(25)16-6-8-19-23(13-16)31-12-11-30-19/h6-9,13-15,18H,4-5,10-12H2,1-3H3. The van der Waals surface area contributed by atoms with Crippen molar-refractivity contribution in [3.8, 4) is 28.7 Å². The molecular weight excluding hydrogens is 398 g/mol. The largest absolute Gasteiger partial charge is 0.496 e. The second-order valence-corrected chi connectivity index (χ2v) is 7.38. The molecule has 0 aromatic heterocycles. The van der Waals surface area contributed by atoms with Gasteiger partial charge in [-0.3, -0.25) is 4.79 Å². The van der Waals surface area contributed by atoms with E-state index in [1.165, 1.54) is 0 Å². The van der Waals surface area contributed by atoms with E-state index in [1.54, 1.807) is 45.6 Å². The van der Waals surface area contributed by atoms with Gasteiger partial charge in [0, 0.05) is 24.3 Å². The van der Waals surface area contributed by atoms with Crippen molar-refractivity contribution >= 4 is 12.0 Å². The molecule has 31 heavy (non-hydrogen) atoms. The van der Waals surface area contributed by atoms with Crippen LogP contribution in [0.5, 0.6) is 28.7 Å². The van der Waals surface area contributed by atoms with Crippen LogP contribution in [0.3, 0.4) is 0 Å². The number of carbonyl (C=O) groups is 1. The lowest BCUT2D eigenvalue weighted by Gasteiger charge is -2.26. The van der Waals surface area contributed by atoms with Gasteiger partial charge in [-0.15, -0.1) is 0 Å². The number of nitrogens with zero attached hydrogens (tertiary/aromatic N) is 1. The second-order valence-electron chi connectivity index (χ2n) is 7.38. The summed E-state index contributed by atoms with van der Waals surface area (Å²) in [5.41, 5.74) is 1.80. The van der Waals surface area contributed by atoms with Crippen molar-refractivity contribution in [3.05, 3.63) is 47.5 Å². The molecule has 1 atom stereocenters. The number of hydrogen-bond acceptors (Lipinski definition) is 6. The minimum atomic E-state index is -0.0470. The van der Waals surface area contributed by atoms with Crippen molar-refractivity contribution in [2.75, 3.05) is 41.1 Å². The van der Waals surface area contributed by atoms with Gasteiger partial charge in [0.25, 0.3) is 0 Å². The van der Waals surface area contributed by atoms with Crippen LogP contribution in [0.1, 0.15) is 30.0 Å². The molecule has 1 saturated heterocycles. The van der Waals surface area contributed by atoms with E-state index in [4.69, 9.17) is 23.7 Å². The number of methoxy groups -OCH3 is 3. The van der Waals surface area contributed by atoms with Gasteiger partial charge in [-0.2, -0.15) is 0 Å². The van der Waals surface area contributed by atoms with E-state index < -0.39 is 0 Å². The van der Waals surface area contributed by atoms with Crippen molar-refractivity contribution in [1.82, 2.24) is 4.90 Å². The molecule has 0 saturated carbocycles. The molecule has 1 amide bonds. The molecule has 0 radical (unpaired) electrons. The lowest BCUT2D eigenvalue weighted by molar-refractivity contribution is -0.126. The van der Waals surface area contributed by atoms with Crippen LogP contribution >= 0.6 is 0 Å². The maximum absolute atomic E-state index is 13.1. The van der Waals surface area contributed by atoms with Gasteiger partial charge in [-0.05, 0) is 42.7 Å². The van der Waals surface area contributed by atoms with Crippen LogP contribution in [0.2, 0.25) is 0 Å². The van der Waals surface area contributed by atoms with E-state index in [9.17, 15) is 4.79 Å². The molecule has 4 rings (SSSR count). The van der Waals surface area contributed by atoms with Gasteiger partial charge in [0.05, 0.1) is 27.4 Å². The highest BCUT2D eigenvalue weighted by atomic mass is 16.6. The Kier molecular flexibility index (Phi) is 6.21. The summed E-state index contributed by atoms with van der Waals surface area (Å²) in [5, 5.41) is 0. The number of likely N-dealkylation sites (tertiary alicyclic amines) is 1. The molecule has 1 fully saturated rings. The van der Waals surface area contributed by atoms with Crippen molar-refractivity contribution in [2.45, 2.75) is 18.9 Å². The average Bonchev–Trinajstić information content (AvgIpc) is 3.31. The third-order valence-electron chi connectivity index (χ3n) is 5.63. The predicted molar refractivity (Wildman–Crippen MR) is 116 cm³/mol. The molecular formula is C24H27NO6. The van der Waals surface area contributed by atoms with E-state index in [-0.39, 0.29) is 11.9 Å². The van der Waals surface area contributed by atoms with Crippen LogP contribution in [0, 0.1) is 0 Å². The molecule has 2 aromatic carbocycles. The van der Waals surface area contributed by atoms with Gasteiger partial charge < -0.3 is 28.6 Å². The number of rotatable bonds is 6. The third kappa shape index (κ3) is 4.26. The number of ether oxygens (including phenoxy) is 5. The maximum Gasteiger partial charge on any atom is 0.247 e. The summed E-state index contributed by atoms with van der Waals surface area (Å²) in [6, 6.07) is 9.49. The Morgan fingerprint density at radius 3 is 2.42 bits per heavy atom. The van der Waals surface area contributed by atoms with Crippen molar-refractivity contribution in [1.29, 1.82) is 0 Å². The Morgan fingerprint density at radius 2 is 1.68 bits per heavy atom. The van der Waals surface area contributed by atoms with E-state index >= 15 is 0 Å². The molecule has 0 bridgehead atoms. The maximum atomic E-state index is 13.1. The smallest absolute Gasteiger partial charge is 0.247 e. The van der Waals surface area contributed by atoms with Crippen LogP contribution < -0.4 is 23.7 Å². The Labute approximate surface area is 182 Å². The number of fused-ring (bicyclic) bond motifs is 1. The number of benzene rings is 2. The Hall–Kier alpha value is -3.35. The first-order chi connectivity index (χ1) is 15.1. The first-order valence-corrected chi connectivity index (χ1v) is 10.3. The van der Waals surface area contributed by atoms with Crippen LogP contribution in [-0.4, -0.2) is 51.9 Å². The SMILES string of the molecule is COc1cc(OC)c(OC)cc1C=CC(=O)N1CCCC1c1ccc2c(c1)OCCO2. The second kappa shape index (κ2) is 9.20. The molecule has 2 aliphatic rings. The average molecular weight is 425 g/mol. The van der Waals surface area contributed by atoms with Crippen LogP contribution in [0.4, 0.5) is 0 Å². The highest BCUT2D eigenvalue weighted by Gasteiger charge is 2.30. The summed E-state index contributed by atoms with van der Waals surface area (Å²) in [7, 11) is 4.73. The fourth-order valence-corrected chi connectivity index (χ4v) is 4.08. The number of carbonyl (C=O) groups excluding carboxylic acids is 1. The Bertz CT molecular complexity index is 986. The molecule has 2 aliphatic heterocycles. The monoisotopic (exact) mass is 425 g/mol. The van der Waals surface area contributed by atoms with Crippen molar-refractivity contribution in [3.63, 3.8) is 0 Å². The predicted octanol–water partition coefficient (Wildman–Crippen LogP) is 3.86. The zero-order valence-electron chi connectivity index (χ0n) is 18.1. The summed E-state index contributed by atoms with van der Waals surface area (Å²) in [4.78, 5) is 15.0. The fraction of sp³-hybridized carbons (Fsp3) is 0.375. The molecule has 7 nitrogen and oxygen atoms in total. The van der Waals surface area contributed by atoms with E-state index in [0.717, 1.165) is 35.5 Å². The normalized spacial score (nSPS) is 17.6. The van der Waals surface area contributed by atoms with Crippen molar-refractivity contribution < 1.29 is 28.5 Å². The summed E-state index contributed by atoms with van der Waals surface area (Å²) < 4.78 is 27.5. The Balaban J connectivity index is 1.55. The van der Waals surface area contributed by atoms with Crippen LogP contribution in [0.15, 0.2) is 36.4 Å². The van der Waals surface area contributed by atoms with Crippen LogP contribution in [-0.2, 0) is 4.79 Å². The highest BCUT2D eigenvalue weighted by molar-refractivity contribution is 5.92. The summed E-state index contributed by atoms with van der Waals surface area (Å²) in [6.45, 7) is 1.82. The lowest BCUT2D eigenvalue weighted by atomic mass is 10.0. The first kappa shape index (κ1) is 20.9. The molecule has 2 aromatic rings. The molecule has 1 unspecified atom stereocenters. The molecule has 0 spiro atoms. The topological polar surface area (TPSA) is 66.5 Å².